The third-order valence-corrected chi connectivity index (χ3v) is 3.11. The molecule has 0 spiro atoms. The van der Waals surface area contributed by atoms with E-state index in [1.54, 1.807) is 6.07 Å². The Morgan fingerprint density at radius 1 is 1.35 bits per heavy atom. The number of rotatable bonds is 2. The maximum atomic E-state index is 11.9. The number of ether oxygens (including phenoxy) is 2. The average Bonchev–Trinajstić information content (AvgIpc) is 2.54. The maximum Gasteiger partial charge on any atom is 0.342 e. The molecule has 1 aliphatic heterocycles. The van der Waals surface area contributed by atoms with Gasteiger partial charge in [0.05, 0.1) is 6.10 Å². The van der Waals surface area contributed by atoms with Crippen molar-refractivity contribution in [2.45, 2.75) is 45.8 Å². The largest absolute Gasteiger partial charge is 0.489 e. The van der Waals surface area contributed by atoms with E-state index in [4.69, 9.17) is 9.47 Å². The first kappa shape index (κ1) is 12.0. The number of hydrogen-bond donors (Lipinski definition) is 0. The lowest BCUT2D eigenvalue weighted by Crippen LogP contribution is -2.13. The highest BCUT2D eigenvalue weighted by Crippen LogP contribution is 2.40. The van der Waals surface area contributed by atoms with Gasteiger partial charge < -0.3 is 9.47 Å². The molecule has 0 saturated heterocycles. The SMILES string of the molecule is CC(C)OC(=O)c1cccc2c1OC(C)C2C. The molecule has 1 heterocycles. The van der Waals surface area contributed by atoms with Crippen molar-refractivity contribution in [3.05, 3.63) is 29.3 Å². The molecule has 3 heteroatoms. The predicted molar refractivity (Wildman–Crippen MR) is 65.5 cm³/mol. The normalized spacial score (nSPS) is 22.2. The van der Waals surface area contributed by atoms with Gasteiger partial charge in [0.2, 0.25) is 0 Å². The van der Waals surface area contributed by atoms with E-state index in [1.165, 1.54) is 0 Å². The Balaban J connectivity index is 2.35. The van der Waals surface area contributed by atoms with E-state index < -0.39 is 0 Å². The minimum atomic E-state index is -0.307. The second-order valence-corrected chi connectivity index (χ2v) is 4.79. The summed E-state index contributed by atoms with van der Waals surface area (Å²) in [7, 11) is 0. The minimum absolute atomic E-state index is 0.109. The molecule has 1 aromatic carbocycles. The van der Waals surface area contributed by atoms with Gasteiger partial charge in [-0.15, -0.1) is 0 Å². The van der Waals surface area contributed by atoms with Gasteiger partial charge in [-0.1, -0.05) is 19.1 Å². The lowest BCUT2D eigenvalue weighted by atomic mass is 9.97. The molecule has 0 amide bonds. The highest BCUT2D eigenvalue weighted by Gasteiger charge is 2.31. The Morgan fingerprint density at radius 3 is 2.71 bits per heavy atom. The smallest absolute Gasteiger partial charge is 0.342 e. The number of hydrogen-bond acceptors (Lipinski definition) is 3. The fraction of sp³-hybridized carbons (Fsp3) is 0.500. The van der Waals surface area contributed by atoms with Gasteiger partial charge in [0, 0.05) is 11.5 Å². The summed E-state index contributed by atoms with van der Waals surface area (Å²) in [6, 6.07) is 5.65. The van der Waals surface area contributed by atoms with Crippen LogP contribution in [0.2, 0.25) is 0 Å². The summed E-state index contributed by atoms with van der Waals surface area (Å²) >= 11 is 0. The topological polar surface area (TPSA) is 35.5 Å². The van der Waals surface area contributed by atoms with Crippen LogP contribution in [-0.2, 0) is 4.74 Å². The first-order valence-electron chi connectivity index (χ1n) is 6.01. The minimum Gasteiger partial charge on any atom is -0.489 e. The highest BCUT2D eigenvalue weighted by molar-refractivity contribution is 5.93. The second-order valence-electron chi connectivity index (χ2n) is 4.79. The quantitative estimate of drug-likeness (QED) is 0.737. The van der Waals surface area contributed by atoms with Crippen molar-refractivity contribution in [2.75, 3.05) is 0 Å². The van der Waals surface area contributed by atoms with Gasteiger partial charge in [-0.05, 0) is 26.8 Å². The van der Waals surface area contributed by atoms with E-state index in [9.17, 15) is 4.79 Å². The molecule has 1 aliphatic rings. The second kappa shape index (κ2) is 4.40. The van der Waals surface area contributed by atoms with Crippen molar-refractivity contribution >= 4 is 5.97 Å². The van der Waals surface area contributed by atoms with E-state index in [2.05, 4.69) is 6.92 Å². The summed E-state index contributed by atoms with van der Waals surface area (Å²) in [5.41, 5.74) is 1.63. The molecule has 0 saturated carbocycles. The molecule has 0 radical (unpaired) electrons. The summed E-state index contributed by atoms with van der Waals surface area (Å²) in [6.07, 6.45) is -0.00685. The number of para-hydroxylation sites is 1. The van der Waals surface area contributed by atoms with Gasteiger partial charge in [-0.3, -0.25) is 0 Å². The standard InChI is InChI=1S/C14H18O3/c1-8(2)16-14(15)12-7-5-6-11-9(3)10(4)17-13(11)12/h5-10H,1-4H3. The van der Waals surface area contributed by atoms with Crippen LogP contribution in [0.1, 0.15) is 49.5 Å². The monoisotopic (exact) mass is 234 g/mol. The van der Waals surface area contributed by atoms with Crippen LogP contribution in [0.5, 0.6) is 5.75 Å². The number of carbonyl (C=O) groups is 1. The van der Waals surface area contributed by atoms with Gasteiger partial charge in [0.25, 0.3) is 0 Å². The summed E-state index contributed by atoms with van der Waals surface area (Å²) in [6.45, 7) is 7.80. The summed E-state index contributed by atoms with van der Waals surface area (Å²) in [5.74, 6) is 0.702. The predicted octanol–water partition coefficient (Wildman–Crippen LogP) is 3.14. The van der Waals surface area contributed by atoms with Gasteiger partial charge in [0.1, 0.15) is 17.4 Å². The summed E-state index contributed by atoms with van der Waals surface area (Å²) in [5, 5.41) is 0. The fourth-order valence-electron chi connectivity index (χ4n) is 2.02. The van der Waals surface area contributed by atoms with Crippen LogP contribution in [0.4, 0.5) is 0 Å². The lowest BCUT2D eigenvalue weighted by Gasteiger charge is -2.11. The zero-order valence-electron chi connectivity index (χ0n) is 10.7. The van der Waals surface area contributed by atoms with Crippen LogP contribution >= 0.6 is 0 Å². The molecular formula is C14H18O3. The van der Waals surface area contributed by atoms with Crippen molar-refractivity contribution in [3.63, 3.8) is 0 Å². The molecule has 0 aliphatic carbocycles. The van der Waals surface area contributed by atoms with Crippen molar-refractivity contribution in [1.29, 1.82) is 0 Å². The molecule has 3 nitrogen and oxygen atoms in total. The summed E-state index contributed by atoms with van der Waals surface area (Å²) < 4.78 is 11.0. The fourth-order valence-corrected chi connectivity index (χ4v) is 2.02. The van der Waals surface area contributed by atoms with Gasteiger partial charge in [0.15, 0.2) is 0 Å². The number of carbonyl (C=O) groups excluding carboxylic acids is 1. The van der Waals surface area contributed by atoms with Gasteiger partial charge >= 0.3 is 5.97 Å². The van der Waals surface area contributed by atoms with E-state index in [-0.39, 0.29) is 18.2 Å². The number of esters is 1. The molecule has 2 unspecified atom stereocenters. The molecule has 0 bridgehead atoms. The third-order valence-electron chi connectivity index (χ3n) is 3.11. The van der Waals surface area contributed by atoms with Crippen LogP contribution in [0.25, 0.3) is 0 Å². The van der Waals surface area contributed by atoms with E-state index in [0.717, 1.165) is 5.56 Å². The maximum absolute atomic E-state index is 11.9. The molecule has 2 atom stereocenters. The van der Waals surface area contributed by atoms with Crippen LogP contribution < -0.4 is 4.74 Å². The first-order chi connectivity index (χ1) is 8.00. The van der Waals surface area contributed by atoms with E-state index >= 15 is 0 Å². The van der Waals surface area contributed by atoms with E-state index in [0.29, 0.717) is 17.2 Å². The van der Waals surface area contributed by atoms with Gasteiger partial charge in [-0.25, -0.2) is 4.79 Å². The Labute approximate surface area is 102 Å². The van der Waals surface area contributed by atoms with Crippen molar-refractivity contribution in [2.24, 2.45) is 0 Å². The van der Waals surface area contributed by atoms with Crippen molar-refractivity contribution in [3.8, 4) is 5.75 Å². The Morgan fingerprint density at radius 2 is 2.06 bits per heavy atom. The number of benzene rings is 1. The molecule has 0 aromatic heterocycles. The zero-order valence-corrected chi connectivity index (χ0v) is 10.7. The van der Waals surface area contributed by atoms with Crippen LogP contribution in [0, 0.1) is 0 Å². The molecule has 2 rings (SSSR count). The first-order valence-corrected chi connectivity index (χ1v) is 6.01. The van der Waals surface area contributed by atoms with Crippen molar-refractivity contribution in [1.82, 2.24) is 0 Å². The highest BCUT2D eigenvalue weighted by atomic mass is 16.5. The molecule has 92 valence electrons. The Bertz CT molecular complexity index is 437. The average molecular weight is 234 g/mol. The molecule has 1 aromatic rings. The Hall–Kier alpha value is -1.51. The van der Waals surface area contributed by atoms with Crippen molar-refractivity contribution < 1.29 is 14.3 Å². The third kappa shape index (κ3) is 2.14. The van der Waals surface area contributed by atoms with Crippen LogP contribution in [0.15, 0.2) is 18.2 Å². The zero-order chi connectivity index (χ0) is 12.6. The molecular weight excluding hydrogens is 216 g/mol. The van der Waals surface area contributed by atoms with Gasteiger partial charge in [-0.2, -0.15) is 0 Å². The van der Waals surface area contributed by atoms with E-state index in [1.807, 2.05) is 32.9 Å². The number of fused-ring (bicyclic) bond motifs is 1. The lowest BCUT2D eigenvalue weighted by molar-refractivity contribution is 0.0373. The molecule has 17 heavy (non-hydrogen) atoms. The Kier molecular flexibility index (Phi) is 3.09. The van der Waals surface area contributed by atoms with Crippen LogP contribution in [0.3, 0.4) is 0 Å². The molecule has 0 fully saturated rings. The van der Waals surface area contributed by atoms with Crippen LogP contribution in [-0.4, -0.2) is 18.2 Å². The molecule has 0 N–H and O–H groups in total. The summed E-state index contributed by atoms with van der Waals surface area (Å²) in [4.78, 5) is 11.9.